The summed E-state index contributed by atoms with van der Waals surface area (Å²) in [7, 11) is 0. The van der Waals surface area contributed by atoms with Gasteiger partial charge < -0.3 is 15.2 Å². The number of nitrogens with zero attached hydrogens (tertiary/aromatic N) is 1. The van der Waals surface area contributed by atoms with Crippen LogP contribution in [0.4, 0.5) is 5.69 Å². The minimum Gasteiger partial charge on any atom is -0.488 e. The van der Waals surface area contributed by atoms with Crippen molar-refractivity contribution >= 4 is 23.6 Å². The Bertz CT molecular complexity index is 986. The van der Waals surface area contributed by atoms with E-state index in [1.54, 1.807) is 36.5 Å². The third-order valence-corrected chi connectivity index (χ3v) is 3.82. The molecule has 1 heterocycles. The van der Waals surface area contributed by atoms with Crippen LogP contribution < -0.4 is 10.1 Å². The van der Waals surface area contributed by atoms with Gasteiger partial charge in [0.1, 0.15) is 12.4 Å². The normalized spacial score (nSPS) is 10.6. The molecule has 1 aromatic heterocycles. The molecule has 1 amide bonds. The molecule has 2 aromatic carbocycles. The minimum absolute atomic E-state index is 0.298. The number of benzene rings is 2. The number of aromatic nitrogens is 1. The lowest BCUT2D eigenvalue weighted by Crippen LogP contribution is -2.14. The first-order valence-corrected chi connectivity index (χ1v) is 8.55. The van der Waals surface area contributed by atoms with Gasteiger partial charge in [0.2, 0.25) is 0 Å². The Morgan fingerprint density at radius 1 is 1.07 bits per heavy atom. The van der Waals surface area contributed by atoms with Gasteiger partial charge in [-0.3, -0.25) is 9.78 Å². The Balaban J connectivity index is 1.86. The summed E-state index contributed by atoms with van der Waals surface area (Å²) in [5.41, 5.74) is 2.39. The van der Waals surface area contributed by atoms with E-state index in [9.17, 15) is 9.59 Å². The summed E-state index contributed by atoms with van der Waals surface area (Å²) in [6, 6.07) is 18.0. The van der Waals surface area contributed by atoms with Gasteiger partial charge in [0.15, 0.2) is 0 Å². The molecule has 6 nitrogen and oxygen atoms in total. The Kier molecular flexibility index (Phi) is 6.15. The maximum atomic E-state index is 12.8. The van der Waals surface area contributed by atoms with Gasteiger partial charge in [0, 0.05) is 12.3 Å². The SMILES string of the molecule is O=C(O)C=Cc1ccc(OCc2ccccc2)c(C(=O)Nc2cccnc2)c1. The van der Waals surface area contributed by atoms with Crippen molar-refractivity contribution in [3.63, 3.8) is 0 Å². The maximum absolute atomic E-state index is 12.8. The highest BCUT2D eigenvalue weighted by Crippen LogP contribution is 2.23. The topological polar surface area (TPSA) is 88.5 Å². The second kappa shape index (κ2) is 9.14. The van der Waals surface area contributed by atoms with Crippen LogP contribution in [0.1, 0.15) is 21.5 Å². The van der Waals surface area contributed by atoms with Crippen molar-refractivity contribution in [1.29, 1.82) is 0 Å². The van der Waals surface area contributed by atoms with Crippen LogP contribution in [0.3, 0.4) is 0 Å². The molecule has 2 N–H and O–H groups in total. The van der Waals surface area contributed by atoms with Gasteiger partial charge in [-0.2, -0.15) is 0 Å². The first-order chi connectivity index (χ1) is 13.6. The van der Waals surface area contributed by atoms with Crippen molar-refractivity contribution in [1.82, 2.24) is 4.98 Å². The number of carboxylic acids is 1. The van der Waals surface area contributed by atoms with Crippen molar-refractivity contribution in [2.45, 2.75) is 6.61 Å². The zero-order valence-electron chi connectivity index (χ0n) is 14.9. The molecule has 3 rings (SSSR count). The second-order valence-corrected chi connectivity index (χ2v) is 5.90. The summed E-state index contributed by atoms with van der Waals surface area (Å²) in [5.74, 6) is -1.04. The number of hydrogen-bond donors (Lipinski definition) is 2. The van der Waals surface area contributed by atoms with Crippen molar-refractivity contribution in [3.8, 4) is 5.75 Å². The fourth-order valence-corrected chi connectivity index (χ4v) is 2.49. The number of carbonyl (C=O) groups excluding carboxylic acids is 1. The molecule has 0 aliphatic carbocycles. The standard InChI is InChI=1S/C22H18N2O4/c25-21(26)11-9-16-8-10-20(28-15-17-5-2-1-3-6-17)19(13-16)22(27)24-18-7-4-12-23-14-18/h1-14H,15H2,(H,24,27)(H,25,26). The van der Waals surface area contributed by atoms with Crippen molar-refractivity contribution in [2.24, 2.45) is 0 Å². The Hall–Kier alpha value is -3.93. The molecule has 0 saturated carbocycles. The van der Waals surface area contributed by atoms with Crippen LogP contribution in [-0.2, 0) is 11.4 Å². The number of carbonyl (C=O) groups is 2. The Morgan fingerprint density at radius 2 is 1.89 bits per heavy atom. The monoisotopic (exact) mass is 374 g/mol. The van der Waals surface area contributed by atoms with Crippen molar-refractivity contribution in [2.75, 3.05) is 5.32 Å². The van der Waals surface area contributed by atoms with Crippen molar-refractivity contribution in [3.05, 3.63) is 95.8 Å². The summed E-state index contributed by atoms with van der Waals surface area (Å²) >= 11 is 0. The van der Waals surface area contributed by atoms with E-state index in [4.69, 9.17) is 9.84 Å². The van der Waals surface area contributed by atoms with Gasteiger partial charge in [-0.05, 0) is 41.5 Å². The average Bonchev–Trinajstić information content (AvgIpc) is 2.72. The summed E-state index contributed by atoms with van der Waals surface area (Å²) in [4.78, 5) is 27.5. The highest BCUT2D eigenvalue weighted by atomic mass is 16.5. The van der Waals surface area contributed by atoms with Gasteiger partial charge in [0.25, 0.3) is 5.91 Å². The van der Waals surface area contributed by atoms with Crippen molar-refractivity contribution < 1.29 is 19.4 Å². The van der Waals surface area contributed by atoms with Crippen LogP contribution in [0, 0.1) is 0 Å². The zero-order chi connectivity index (χ0) is 19.8. The van der Waals surface area contributed by atoms with E-state index >= 15 is 0 Å². The summed E-state index contributed by atoms with van der Waals surface area (Å²) in [6.45, 7) is 0.304. The van der Waals surface area contributed by atoms with Crippen LogP contribution in [-0.4, -0.2) is 22.0 Å². The fraction of sp³-hybridized carbons (Fsp3) is 0.0455. The second-order valence-electron chi connectivity index (χ2n) is 5.90. The van der Waals surface area contributed by atoms with E-state index in [1.807, 2.05) is 30.3 Å². The number of amides is 1. The van der Waals surface area contributed by atoms with E-state index in [-0.39, 0.29) is 5.91 Å². The number of hydrogen-bond acceptors (Lipinski definition) is 4. The largest absolute Gasteiger partial charge is 0.488 e. The molecule has 0 spiro atoms. The van der Waals surface area contributed by atoms with E-state index in [2.05, 4.69) is 10.3 Å². The number of aliphatic carboxylic acids is 1. The lowest BCUT2D eigenvalue weighted by atomic mass is 10.1. The average molecular weight is 374 g/mol. The highest BCUT2D eigenvalue weighted by Gasteiger charge is 2.14. The fourth-order valence-electron chi connectivity index (χ4n) is 2.49. The molecule has 0 aliphatic heterocycles. The molecular formula is C22H18N2O4. The number of pyridine rings is 1. The highest BCUT2D eigenvalue weighted by molar-refractivity contribution is 6.06. The maximum Gasteiger partial charge on any atom is 0.328 e. The first-order valence-electron chi connectivity index (χ1n) is 8.55. The molecule has 0 saturated heterocycles. The van der Waals surface area contributed by atoms with Crippen LogP contribution in [0.2, 0.25) is 0 Å². The van der Waals surface area contributed by atoms with Gasteiger partial charge in [-0.1, -0.05) is 36.4 Å². The van der Waals surface area contributed by atoms with E-state index in [1.165, 1.54) is 12.3 Å². The molecule has 0 radical (unpaired) electrons. The summed E-state index contributed by atoms with van der Waals surface area (Å²) in [6.07, 6.45) is 5.59. The van der Waals surface area contributed by atoms with Crippen LogP contribution in [0.15, 0.2) is 79.1 Å². The number of rotatable bonds is 7. The Labute approximate surface area is 162 Å². The molecule has 28 heavy (non-hydrogen) atoms. The Morgan fingerprint density at radius 3 is 2.61 bits per heavy atom. The van der Waals surface area contributed by atoms with Gasteiger partial charge in [-0.15, -0.1) is 0 Å². The quantitative estimate of drug-likeness (QED) is 0.610. The molecule has 0 atom stereocenters. The van der Waals surface area contributed by atoms with Crippen LogP contribution in [0.5, 0.6) is 5.75 Å². The molecule has 0 bridgehead atoms. The number of ether oxygens (including phenoxy) is 1. The number of carboxylic acid groups (broad SMARTS) is 1. The minimum atomic E-state index is -1.06. The molecule has 6 heteroatoms. The van der Waals surface area contributed by atoms with E-state index in [0.717, 1.165) is 11.6 Å². The van der Waals surface area contributed by atoms with E-state index in [0.29, 0.717) is 29.2 Å². The predicted molar refractivity (Wildman–Crippen MR) is 106 cm³/mol. The van der Waals surface area contributed by atoms with Gasteiger partial charge in [0.05, 0.1) is 17.4 Å². The van der Waals surface area contributed by atoms with Gasteiger partial charge >= 0.3 is 5.97 Å². The third-order valence-electron chi connectivity index (χ3n) is 3.82. The molecule has 0 unspecified atom stereocenters. The zero-order valence-corrected chi connectivity index (χ0v) is 14.9. The number of anilines is 1. The predicted octanol–water partition coefficient (Wildman–Crippen LogP) is 4.01. The molecule has 3 aromatic rings. The third kappa shape index (κ3) is 5.28. The molecular weight excluding hydrogens is 356 g/mol. The smallest absolute Gasteiger partial charge is 0.328 e. The molecule has 0 aliphatic rings. The lowest BCUT2D eigenvalue weighted by molar-refractivity contribution is -0.131. The van der Waals surface area contributed by atoms with Gasteiger partial charge in [-0.25, -0.2) is 4.79 Å². The molecule has 140 valence electrons. The molecule has 0 fully saturated rings. The first kappa shape index (κ1) is 18.8. The summed E-state index contributed by atoms with van der Waals surface area (Å²) < 4.78 is 5.85. The van der Waals surface area contributed by atoms with Crippen LogP contribution >= 0.6 is 0 Å². The lowest BCUT2D eigenvalue weighted by Gasteiger charge is -2.13. The summed E-state index contributed by atoms with van der Waals surface area (Å²) in [5, 5.41) is 11.6. The van der Waals surface area contributed by atoms with E-state index < -0.39 is 5.97 Å². The number of nitrogens with one attached hydrogen (secondary N) is 1. The van der Waals surface area contributed by atoms with Crippen LogP contribution in [0.25, 0.3) is 6.08 Å².